The summed E-state index contributed by atoms with van der Waals surface area (Å²) in [6.07, 6.45) is 0. The molecule has 7 heteroatoms. The van der Waals surface area contributed by atoms with Crippen molar-refractivity contribution in [3.05, 3.63) is 17.9 Å². The molecule has 6 nitrogen and oxygen atoms in total. The number of nitrogens with zero attached hydrogens (tertiary/aromatic N) is 1. The smallest absolute Gasteiger partial charge is 0.244 e. The van der Waals surface area contributed by atoms with Gasteiger partial charge in [-0.3, -0.25) is 4.79 Å². The average Bonchev–Trinajstić information content (AvgIpc) is 2.49. The fraction of sp³-hybridized carbons (Fsp3) is 0.500. The first-order valence-electron chi connectivity index (χ1n) is 6.86. The summed E-state index contributed by atoms with van der Waals surface area (Å²) < 4.78 is 24.4. The van der Waals surface area contributed by atoms with Crippen molar-refractivity contribution < 1.29 is 18.7 Å². The van der Waals surface area contributed by atoms with Crippen molar-refractivity contribution in [2.24, 2.45) is 0 Å². The van der Waals surface area contributed by atoms with Gasteiger partial charge in [0.1, 0.15) is 6.04 Å². The molecule has 0 aromatic heterocycles. The van der Waals surface area contributed by atoms with Crippen molar-refractivity contribution >= 4 is 17.3 Å². The standard InChI is InChI=1S/C14H20FN3O3/c1-3-21-13-7-11(10(16)6-9(13)15)18-4-5-20-8-12(18)14(19)17-2/h6-7,12H,3-5,8,16H2,1-2H3,(H,17,19). The number of rotatable bonds is 4. The highest BCUT2D eigenvalue weighted by molar-refractivity contribution is 5.87. The Balaban J connectivity index is 2.37. The van der Waals surface area contributed by atoms with Crippen LogP contribution in [0.3, 0.4) is 0 Å². The molecule has 0 radical (unpaired) electrons. The minimum Gasteiger partial charge on any atom is -0.491 e. The van der Waals surface area contributed by atoms with Gasteiger partial charge in [0, 0.05) is 25.7 Å². The first kappa shape index (κ1) is 15.4. The van der Waals surface area contributed by atoms with E-state index in [-0.39, 0.29) is 24.0 Å². The highest BCUT2D eigenvalue weighted by atomic mass is 19.1. The summed E-state index contributed by atoms with van der Waals surface area (Å²) in [7, 11) is 1.56. The van der Waals surface area contributed by atoms with Gasteiger partial charge in [0.15, 0.2) is 11.6 Å². The minimum atomic E-state index is -0.511. The summed E-state index contributed by atoms with van der Waals surface area (Å²) >= 11 is 0. The van der Waals surface area contributed by atoms with E-state index in [1.165, 1.54) is 12.1 Å². The summed E-state index contributed by atoms with van der Waals surface area (Å²) in [6.45, 7) is 3.37. The molecule has 1 fully saturated rings. The number of hydrogen-bond donors (Lipinski definition) is 2. The van der Waals surface area contributed by atoms with Crippen molar-refractivity contribution in [2.45, 2.75) is 13.0 Å². The molecule has 1 aliphatic heterocycles. The second-order valence-corrected chi connectivity index (χ2v) is 4.67. The van der Waals surface area contributed by atoms with Gasteiger partial charge in [-0.2, -0.15) is 0 Å². The Morgan fingerprint density at radius 2 is 2.38 bits per heavy atom. The van der Waals surface area contributed by atoms with Crippen LogP contribution in [0.4, 0.5) is 15.8 Å². The zero-order valence-electron chi connectivity index (χ0n) is 12.2. The third-order valence-corrected chi connectivity index (χ3v) is 3.37. The van der Waals surface area contributed by atoms with Crippen molar-refractivity contribution in [3.8, 4) is 5.75 Å². The number of carbonyl (C=O) groups excluding carboxylic acids is 1. The predicted octanol–water partition coefficient (Wildman–Crippen LogP) is 0.758. The van der Waals surface area contributed by atoms with Gasteiger partial charge in [-0.1, -0.05) is 0 Å². The lowest BCUT2D eigenvalue weighted by molar-refractivity contribution is -0.124. The van der Waals surface area contributed by atoms with E-state index in [1.54, 1.807) is 14.0 Å². The number of benzene rings is 1. The van der Waals surface area contributed by atoms with Gasteiger partial charge in [0.2, 0.25) is 5.91 Å². The molecule has 0 bridgehead atoms. The molecular formula is C14H20FN3O3. The fourth-order valence-electron chi connectivity index (χ4n) is 2.35. The van der Waals surface area contributed by atoms with Crippen molar-refractivity contribution in [2.75, 3.05) is 44.0 Å². The molecule has 0 spiro atoms. The van der Waals surface area contributed by atoms with Gasteiger partial charge in [0.25, 0.3) is 0 Å². The largest absolute Gasteiger partial charge is 0.491 e. The average molecular weight is 297 g/mol. The lowest BCUT2D eigenvalue weighted by atomic mass is 10.1. The van der Waals surface area contributed by atoms with Crippen LogP contribution in [0.1, 0.15) is 6.92 Å². The molecule has 1 unspecified atom stereocenters. The molecular weight excluding hydrogens is 277 g/mol. The molecule has 0 aliphatic carbocycles. The number of halogens is 1. The second-order valence-electron chi connectivity index (χ2n) is 4.67. The molecule has 1 atom stereocenters. The van der Waals surface area contributed by atoms with Crippen molar-refractivity contribution in [1.29, 1.82) is 0 Å². The van der Waals surface area contributed by atoms with Gasteiger partial charge < -0.3 is 25.4 Å². The number of nitrogens with two attached hydrogens (primary N) is 1. The van der Waals surface area contributed by atoms with E-state index in [0.717, 1.165) is 0 Å². The van der Waals surface area contributed by atoms with Crippen LogP contribution in [-0.4, -0.2) is 45.4 Å². The number of hydrogen-bond acceptors (Lipinski definition) is 5. The highest BCUT2D eigenvalue weighted by Crippen LogP contribution is 2.33. The topological polar surface area (TPSA) is 76.8 Å². The lowest BCUT2D eigenvalue weighted by Gasteiger charge is -2.36. The van der Waals surface area contributed by atoms with Crippen LogP contribution in [0, 0.1) is 5.82 Å². The van der Waals surface area contributed by atoms with Gasteiger partial charge >= 0.3 is 0 Å². The Labute approximate surface area is 123 Å². The molecule has 1 aliphatic rings. The Morgan fingerprint density at radius 1 is 1.62 bits per heavy atom. The molecule has 2 rings (SSSR count). The molecule has 1 amide bonds. The number of carbonyl (C=O) groups is 1. The third-order valence-electron chi connectivity index (χ3n) is 3.37. The van der Waals surface area contributed by atoms with E-state index in [2.05, 4.69) is 5.32 Å². The Morgan fingerprint density at radius 3 is 3.05 bits per heavy atom. The monoisotopic (exact) mass is 297 g/mol. The maximum atomic E-state index is 13.8. The Hall–Kier alpha value is -2.02. The number of anilines is 2. The van der Waals surface area contributed by atoms with Crippen LogP contribution in [-0.2, 0) is 9.53 Å². The molecule has 1 heterocycles. The van der Waals surface area contributed by atoms with E-state index >= 15 is 0 Å². The van der Waals surface area contributed by atoms with E-state index < -0.39 is 11.9 Å². The summed E-state index contributed by atoms with van der Waals surface area (Å²) in [5.74, 6) is -0.553. The molecule has 1 saturated heterocycles. The number of ether oxygens (including phenoxy) is 2. The lowest BCUT2D eigenvalue weighted by Crippen LogP contribution is -2.53. The number of nitrogen functional groups attached to an aromatic ring is 1. The minimum absolute atomic E-state index is 0.129. The van der Waals surface area contributed by atoms with Gasteiger partial charge in [0.05, 0.1) is 31.2 Å². The summed E-state index contributed by atoms with van der Waals surface area (Å²) in [5.41, 5.74) is 6.76. The van der Waals surface area contributed by atoms with Gasteiger partial charge in [-0.25, -0.2) is 4.39 Å². The second kappa shape index (κ2) is 6.62. The highest BCUT2D eigenvalue weighted by Gasteiger charge is 2.30. The number of amides is 1. The van der Waals surface area contributed by atoms with E-state index in [9.17, 15) is 9.18 Å². The Kier molecular flexibility index (Phi) is 4.85. The number of nitrogens with one attached hydrogen (secondary N) is 1. The molecule has 0 saturated carbocycles. The fourth-order valence-corrected chi connectivity index (χ4v) is 2.35. The zero-order valence-corrected chi connectivity index (χ0v) is 12.2. The maximum absolute atomic E-state index is 13.8. The van der Waals surface area contributed by atoms with Crippen molar-refractivity contribution in [3.63, 3.8) is 0 Å². The van der Waals surface area contributed by atoms with E-state index in [0.29, 0.717) is 25.4 Å². The van der Waals surface area contributed by atoms with E-state index in [1.807, 2.05) is 4.90 Å². The molecule has 21 heavy (non-hydrogen) atoms. The SMILES string of the molecule is CCOc1cc(N2CCOCC2C(=O)NC)c(N)cc1F. The predicted molar refractivity (Wildman–Crippen MR) is 78.0 cm³/mol. The first-order chi connectivity index (χ1) is 10.1. The van der Waals surface area contributed by atoms with E-state index in [4.69, 9.17) is 15.2 Å². The van der Waals surface area contributed by atoms with Crippen LogP contribution in [0.25, 0.3) is 0 Å². The summed E-state index contributed by atoms with van der Waals surface area (Å²) in [6, 6.07) is 2.26. The number of morpholine rings is 1. The van der Waals surface area contributed by atoms with Crippen LogP contribution in [0.5, 0.6) is 5.75 Å². The zero-order chi connectivity index (χ0) is 15.4. The van der Waals surface area contributed by atoms with Crippen LogP contribution in [0.2, 0.25) is 0 Å². The van der Waals surface area contributed by atoms with Crippen molar-refractivity contribution in [1.82, 2.24) is 5.32 Å². The van der Waals surface area contributed by atoms with Crippen LogP contribution >= 0.6 is 0 Å². The normalized spacial score (nSPS) is 18.4. The number of likely N-dealkylation sites (N-methyl/N-ethyl adjacent to an activating group) is 1. The molecule has 1 aromatic carbocycles. The molecule has 116 valence electrons. The maximum Gasteiger partial charge on any atom is 0.244 e. The van der Waals surface area contributed by atoms with Crippen LogP contribution in [0.15, 0.2) is 12.1 Å². The van der Waals surface area contributed by atoms with Gasteiger partial charge in [-0.05, 0) is 6.92 Å². The van der Waals surface area contributed by atoms with Crippen LogP contribution < -0.4 is 20.7 Å². The molecule has 1 aromatic rings. The Bertz CT molecular complexity index is 524. The summed E-state index contributed by atoms with van der Waals surface area (Å²) in [4.78, 5) is 13.8. The van der Waals surface area contributed by atoms with Gasteiger partial charge in [-0.15, -0.1) is 0 Å². The summed E-state index contributed by atoms with van der Waals surface area (Å²) in [5, 5.41) is 2.60. The molecule has 3 N–H and O–H groups in total. The third kappa shape index (κ3) is 3.18. The quantitative estimate of drug-likeness (QED) is 0.802. The first-order valence-corrected chi connectivity index (χ1v) is 6.86.